The fourth-order valence-electron chi connectivity index (χ4n) is 10.1. The van der Waals surface area contributed by atoms with Gasteiger partial charge in [0.25, 0.3) is 0 Å². The number of hydrogen-bond donors (Lipinski definition) is 0. The van der Waals surface area contributed by atoms with Crippen molar-refractivity contribution < 1.29 is 18.5 Å². The molecule has 0 radical (unpaired) electrons. The van der Waals surface area contributed by atoms with Crippen LogP contribution in [0.15, 0.2) is 317 Å². The van der Waals surface area contributed by atoms with Crippen LogP contribution in [0.3, 0.4) is 0 Å². The van der Waals surface area contributed by atoms with E-state index >= 15 is 0 Å². The molecule has 1 aliphatic carbocycles. The Labute approximate surface area is 743 Å². The molecule has 0 aromatic heterocycles. The largest absolute Gasteiger partial charge is 0.423 e. The van der Waals surface area contributed by atoms with E-state index in [0.717, 1.165) is 71.8 Å². The summed E-state index contributed by atoms with van der Waals surface area (Å²) in [7, 11) is -1.07. The summed E-state index contributed by atoms with van der Waals surface area (Å²) in [4.78, 5) is 28.4. The highest BCUT2D eigenvalue weighted by atomic mass is 32.2. The second kappa shape index (κ2) is 79.9. The number of aryl methyl sites for hydroxylation is 11. The van der Waals surface area contributed by atoms with E-state index in [9.17, 15) is 13.8 Å². The fraction of sp³-hybridized carbons (Fsp3) is 0.333. The highest BCUT2D eigenvalue weighted by Crippen LogP contribution is 2.31. The molecule has 0 saturated heterocycles. The number of benzene rings is 11. The summed E-state index contributed by atoms with van der Waals surface area (Å²) >= 11 is 1.82. The van der Waals surface area contributed by atoms with Crippen molar-refractivity contribution in [2.45, 2.75) is 275 Å². The highest BCUT2D eigenvalue weighted by molar-refractivity contribution is 7.99. The summed E-state index contributed by atoms with van der Waals surface area (Å²) in [5, 5.41) is 0. The first-order valence-electron chi connectivity index (χ1n) is 44.3. The Morgan fingerprint density at radius 2 is 0.608 bits per heavy atom. The number of ether oxygens (including phenoxy) is 1. The van der Waals surface area contributed by atoms with Crippen LogP contribution in [0, 0.1) is 93.9 Å². The number of rotatable bonds is 10. The average molecular weight is 1660 g/mol. The highest BCUT2D eigenvalue weighted by Gasteiger charge is 2.13. The first-order chi connectivity index (χ1) is 58.1. The van der Waals surface area contributed by atoms with Crippen molar-refractivity contribution in [3.8, 4) is 17.6 Å². The standard InChI is InChI=1S/C16H18.C16H14.C15H14O2.C15H14O.C14H14OS.C14H14S.12C2H6/c1-12-6-4-8-15(10-12)14(3)16-9-5-7-13(2)11-16;1-13-5-3-7-15(11-13)9-10-16-8-4-6-14(2)12-16;1-11-5-3-7-13(9-11)15(16)17-14-8-4-6-12(2)10-14;1-11-5-3-7-13(9-11)15(16)14-8-4-6-12(2)10-14;1-11-5-3-7-13(9-11)16(15)14-8-4-6-12(2)10-14;1-11-5-3-7-13(9-11)15-14-8-4-6-12(2)10-14;12*1-2/h4-10,13H,3,11H2,1-2H3;3-8,11-12H,1-2H3;3-10H,1-2H3;2*3-10H,1-2H3;3-10H,1-2H3;12*1-2H3. The van der Waals surface area contributed by atoms with Crippen LogP contribution in [-0.2, 0) is 10.8 Å². The van der Waals surface area contributed by atoms with Crippen molar-refractivity contribution in [2.24, 2.45) is 5.92 Å². The SMILES string of the molecule is C=C(C1=CC=CC(C)C1)c1cccc(C)c1.CC.CC.CC.CC.CC.CC.CC.CC.CC.CC.CC.CC.Cc1cccc(C#Cc2cccc(C)c2)c1.Cc1cccc(C(=O)c2cccc(C)c2)c1.Cc1cccc(OC(=O)c2cccc(C)c2)c1.Cc1cccc(S(=O)c2cccc(C)c2)c1.Cc1cccc(Sc2cccc(C)c2)c1. The second-order valence-corrected chi connectivity index (χ2v) is 27.0. The van der Waals surface area contributed by atoms with Gasteiger partial charge in [-0.15, -0.1) is 0 Å². The molecule has 0 saturated carbocycles. The summed E-state index contributed by atoms with van der Waals surface area (Å²) < 4.78 is 17.6. The van der Waals surface area contributed by atoms with E-state index in [1.54, 1.807) is 12.1 Å². The third-order valence-electron chi connectivity index (χ3n) is 15.1. The van der Waals surface area contributed by atoms with Crippen LogP contribution in [-0.4, -0.2) is 16.0 Å². The van der Waals surface area contributed by atoms with Crippen LogP contribution in [0.4, 0.5) is 0 Å². The fourth-order valence-corrected chi connectivity index (χ4v) is 12.4. The second-order valence-electron chi connectivity index (χ2n) is 24.4. The lowest BCUT2D eigenvalue weighted by molar-refractivity contribution is 0.0734. The van der Waals surface area contributed by atoms with E-state index in [2.05, 4.69) is 175 Å². The van der Waals surface area contributed by atoms with Gasteiger partial charge < -0.3 is 4.74 Å². The zero-order chi connectivity index (χ0) is 92.9. The molecule has 0 bridgehead atoms. The van der Waals surface area contributed by atoms with E-state index in [1.165, 1.54) is 54.3 Å². The Balaban J connectivity index is -0.000000309. The third kappa shape index (κ3) is 54.1. The van der Waals surface area contributed by atoms with Crippen LogP contribution < -0.4 is 4.74 Å². The molecule has 12 rings (SSSR count). The Bertz CT molecular complexity index is 4300. The zero-order valence-electron chi connectivity index (χ0n) is 81.6. The van der Waals surface area contributed by atoms with E-state index in [-0.39, 0.29) is 11.8 Å². The summed E-state index contributed by atoms with van der Waals surface area (Å²) in [6, 6.07) is 88.1. The average Bonchev–Trinajstić information content (AvgIpc) is 0.853. The molecular formula is C114H160O4S2. The van der Waals surface area contributed by atoms with Crippen LogP contribution >= 0.6 is 11.8 Å². The minimum absolute atomic E-state index is 0.0902. The topological polar surface area (TPSA) is 60.4 Å². The summed E-state index contributed by atoms with van der Waals surface area (Å²) in [5.41, 5.74) is 21.0. The smallest absolute Gasteiger partial charge is 0.343 e. The molecule has 120 heavy (non-hydrogen) atoms. The number of esters is 1. The van der Waals surface area contributed by atoms with E-state index in [1.807, 2.05) is 377 Å². The minimum Gasteiger partial charge on any atom is -0.423 e. The number of carbonyl (C=O) groups excluding carboxylic acids is 2. The molecular weight excluding hydrogens is 1500 g/mol. The summed E-state index contributed by atoms with van der Waals surface area (Å²) in [6.45, 7) is 76.9. The molecule has 652 valence electrons. The Hall–Kier alpha value is -10.2. The van der Waals surface area contributed by atoms with Gasteiger partial charge >= 0.3 is 5.97 Å². The lowest BCUT2D eigenvalue weighted by Crippen LogP contribution is -2.08. The van der Waals surface area contributed by atoms with Crippen molar-refractivity contribution >= 4 is 39.9 Å². The van der Waals surface area contributed by atoms with Crippen molar-refractivity contribution in [1.82, 2.24) is 0 Å². The van der Waals surface area contributed by atoms with Crippen molar-refractivity contribution in [2.75, 3.05) is 0 Å². The molecule has 1 aliphatic rings. The Morgan fingerprint density at radius 3 is 0.933 bits per heavy atom. The predicted molar refractivity (Wildman–Crippen MR) is 542 cm³/mol. The van der Waals surface area contributed by atoms with Gasteiger partial charge in [0.1, 0.15) is 5.75 Å². The number of carbonyl (C=O) groups is 2. The molecule has 0 amide bonds. The molecule has 1 unspecified atom stereocenters. The third-order valence-corrected chi connectivity index (χ3v) is 17.4. The number of ketones is 1. The van der Waals surface area contributed by atoms with Gasteiger partial charge in [-0.05, 0) is 242 Å². The van der Waals surface area contributed by atoms with Gasteiger partial charge in [-0.2, -0.15) is 0 Å². The summed E-state index contributed by atoms with van der Waals surface area (Å²) in [5.74, 6) is 7.33. The zero-order valence-corrected chi connectivity index (χ0v) is 83.2. The predicted octanol–water partition coefficient (Wildman–Crippen LogP) is 35.5. The molecule has 0 spiro atoms. The molecule has 11 aromatic carbocycles. The van der Waals surface area contributed by atoms with E-state index in [4.69, 9.17) is 4.74 Å². The van der Waals surface area contributed by atoms with Gasteiger partial charge in [0.15, 0.2) is 5.78 Å². The molecule has 6 heteroatoms. The minimum atomic E-state index is -1.07. The van der Waals surface area contributed by atoms with Crippen molar-refractivity contribution in [3.05, 3.63) is 392 Å². The first kappa shape index (κ1) is 121. The van der Waals surface area contributed by atoms with Gasteiger partial charge in [-0.3, -0.25) is 4.79 Å². The number of allylic oxidation sites excluding steroid dienone is 5. The van der Waals surface area contributed by atoms with Crippen LogP contribution in [0.25, 0.3) is 5.57 Å². The normalized spacial score (nSPS) is 9.91. The lowest BCUT2D eigenvalue weighted by Gasteiger charge is -2.17. The van der Waals surface area contributed by atoms with Crippen molar-refractivity contribution in [3.63, 3.8) is 0 Å². The van der Waals surface area contributed by atoms with Gasteiger partial charge in [-0.25, -0.2) is 9.00 Å². The maximum atomic E-state index is 12.3. The molecule has 0 N–H and O–H groups in total. The number of hydrogen-bond acceptors (Lipinski definition) is 5. The van der Waals surface area contributed by atoms with Crippen LogP contribution in [0.5, 0.6) is 5.75 Å². The quantitative estimate of drug-likeness (QED) is 0.0591. The van der Waals surface area contributed by atoms with E-state index in [0.29, 0.717) is 17.2 Å². The summed E-state index contributed by atoms with van der Waals surface area (Å²) in [6.07, 6.45) is 7.67. The van der Waals surface area contributed by atoms with Gasteiger partial charge in [0, 0.05) is 41.8 Å². The maximum Gasteiger partial charge on any atom is 0.343 e. The molecule has 1 atom stereocenters. The maximum absolute atomic E-state index is 12.3. The molecule has 0 heterocycles. The Morgan fingerprint density at radius 1 is 0.333 bits per heavy atom. The van der Waals surface area contributed by atoms with Crippen LogP contribution in [0.2, 0.25) is 0 Å². The molecule has 11 aromatic rings. The molecule has 0 aliphatic heterocycles. The first-order valence-corrected chi connectivity index (χ1v) is 46.3. The molecule has 4 nitrogen and oxygen atoms in total. The van der Waals surface area contributed by atoms with Gasteiger partial charge in [0.05, 0.1) is 16.4 Å². The van der Waals surface area contributed by atoms with Crippen LogP contribution in [0.1, 0.15) is 284 Å². The van der Waals surface area contributed by atoms with Gasteiger partial charge in [0.2, 0.25) is 0 Å². The lowest BCUT2D eigenvalue weighted by atomic mass is 9.88. The van der Waals surface area contributed by atoms with Gasteiger partial charge in [-0.1, -0.05) is 413 Å². The van der Waals surface area contributed by atoms with Crippen molar-refractivity contribution in [1.29, 1.82) is 0 Å². The monoisotopic (exact) mass is 1660 g/mol. The molecule has 0 fully saturated rings. The Kier molecular flexibility index (Phi) is 80.4. The van der Waals surface area contributed by atoms with E-state index < -0.39 is 10.8 Å².